The van der Waals surface area contributed by atoms with Gasteiger partial charge < -0.3 is 4.74 Å². The summed E-state index contributed by atoms with van der Waals surface area (Å²) in [5, 5.41) is 2.77. The molecule has 32 heavy (non-hydrogen) atoms. The molecule has 172 valence electrons. The number of ether oxygens (including phenoxy) is 1. The van der Waals surface area contributed by atoms with Gasteiger partial charge in [-0.25, -0.2) is 4.79 Å². The maximum atomic E-state index is 13.6. The molecule has 2 aromatic carbocycles. The summed E-state index contributed by atoms with van der Waals surface area (Å²) < 4.78 is 5.02. The van der Waals surface area contributed by atoms with Crippen molar-refractivity contribution in [3.8, 4) is 0 Å². The number of anilines is 3. The zero-order valence-corrected chi connectivity index (χ0v) is 19.5. The van der Waals surface area contributed by atoms with E-state index in [9.17, 15) is 9.59 Å². The summed E-state index contributed by atoms with van der Waals surface area (Å²) in [5.41, 5.74) is 4.61. The molecule has 0 atom stereocenters. The Balaban J connectivity index is 1.88. The number of hydrogen-bond donors (Lipinski definition) is 1. The quantitative estimate of drug-likeness (QED) is 0.524. The van der Waals surface area contributed by atoms with Crippen molar-refractivity contribution in [2.24, 2.45) is 0 Å². The van der Waals surface area contributed by atoms with Crippen LogP contribution in [0.4, 0.5) is 21.9 Å². The molecule has 1 heterocycles. The minimum Gasteiger partial charge on any atom is -0.450 e. The van der Waals surface area contributed by atoms with Crippen molar-refractivity contribution < 1.29 is 14.3 Å². The highest BCUT2D eigenvalue weighted by Gasteiger charge is 2.27. The van der Waals surface area contributed by atoms with Crippen LogP contribution in [0.15, 0.2) is 42.5 Å². The Labute approximate surface area is 191 Å². The van der Waals surface area contributed by atoms with Gasteiger partial charge in [0, 0.05) is 5.69 Å². The first-order valence-electron chi connectivity index (χ1n) is 11.7. The van der Waals surface area contributed by atoms with Crippen LogP contribution in [-0.4, -0.2) is 43.6 Å². The molecular formula is C26H35N3O3. The van der Waals surface area contributed by atoms with Crippen LogP contribution in [0.1, 0.15) is 50.7 Å². The molecule has 1 aliphatic rings. The fraction of sp³-hybridized carbons (Fsp3) is 0.462. The van der Waals surface area contributed by atoms with Crippen LogP contribution >= 0.6 is 0 Å². The number of carbonyl (C=O) groups excluding carboxylic acids is 2. The average Bonchev–Trinajstić information content (AvgIpc) is 2.93. The fourth-order valence-corrected chi connectivity index (χ4v) is 4.14. The molecule has 6 nitrogen and oxygen atoms in total. The molecule has 0 aliphatic carbocycles. The smallest absolute Gasteiger partial charge is 0.411 e. The lowest BCUT2D eigenvalue weighted by Crippen LogP contribution is -2.37. The van der Waals surface area contributed by atoms with E-state index in [4.69, 9.17) is 4.74 Å². The van der Waals surface area contributed by atoms with Gasteiger partial charge in [-0.3, -0.25) is 19.9 Å². The third kappa shape index (κ3) is 6.10. The van der Waals surface area contributed by atoms with Crippen LogP contribution in [0.3, 0.4) is 0 Å². The van der Waals surface area contributed by atoms with Gasteiger partial charge in [0.2, 0.25) is 5.91 Å². The summed E-state index contributed by atoms with van der Waals surface area (Å²) >= 11 is 0. The van der Waals surface area contributed by atoms with Gasteiger partial charge in [-0.2, -0.15) is 0 Å². The molecule has 0 unspecified atom stereocenters. The molecule has 0 radical (unpaired) electrons. The Hall–Kier alpha value is -2.86. The third-order valence-corrected chi connectivity index (χ3v) is 5.79. The van der Waals surface area contributed by atoms with Gasteiger partial charge in [0.05, 0.1) is 24.5 Å². The molecular weight excluding hydrogens is 402 g/mol. The lowest BCUT2D eigenvalue weighted by Gasteiger charge is -2.28. The van der Waals surface area contributed by atoms with Crippen LogP contribution in [0.2, 0.25) is 0 Å². The molecule has 1 N–H and O–H groups in total. The molecule has 0 saturated heterocycles. The van der Waals surface area contributed by atoms with E-state index in [1.54, 1.807) is 6.92 Å². The van der Waals surface area contributed by atoms with Crippen LogP contribution in [-0.2, 0) is 22.4 Å². The Kier molecular flexibility index (Phi) is 8.68. The van der Waals surface area contributed by atoms with Crippen molar-refractivity contribution in [2.75, 3.05) is 37.0 Å². The molecule has 0 saturated carbocycles. The maximum absolute atomic E-state index is 13.6. The van der Waals surface area contributed by atoms with Gasteiger partial charge in [-0.05, 0) is 69.1 Å². The Bertz CT molecular complexity index is 928. The summed E-state index contributed by atoms with van der Waals surface area (Å²) in [6.07, 6.45) is 5.92. The first kappa shape index (κ1) is 23.8. The number of likely N-dealkylation sites (N-methyl/N-ethyl adjacent to an activating group) is 1. The van der Waals surface area contributed by atoms with Crippen LogP contribution in [0.25, 0.3) is 0 Å². The normalized spacial score (nSPS) is 12.7. The number of carbonyl (C=O) groups is 2. The van der Waals surface area contributed by atoms with E-state index in [-0.39, 0.29) is 5.91 Å². The fourth-order valence-electron chi connectivity index (χ4n) is 4.14. The Morgan fingerprint density at radius 2 is 1.75 bits per heavy atom. The van der Waals surface area contributed by atoms with Crippen molar-refractivity contribution in [2.45, 2.75) is 52.4 Å². The molecule has 0 bridgehead atoms. The number of unbranched alkanes of at least 4 members (excludes halogenated alkanes) is 3. The second-order valence-electron chi connectivity index (χ2n) is 8.35. The van der Waals surface area contributed by atoms with Gasteiger partial charge in [0.15, 0.2) is 0 Å². The van der Waals surface area contributed by atoms with E-state index in [2.05, 4.69) is 23.2 Å². The summed E-state index contributed by atoms with van der Waals surface area (Å²) in [6.45, 7) is 5.52. The Morgan fingerprint density at radius 1 is 1.00 bits per heavy atom. The highest BCUT2D eigenvalue weighted by Crippen LogP contribution is 2.37. The maximum Gasteiger partial charge on any atom is 0.411 e. The summed E-state index contributed by atoms with van der Waals surface area (Å²) in [5.74, 6) is 0.0341. The minimum atomic E-state index is -0.494. The van der Waals surface area contributed by atoms with Crippen LogP contribution < -0.4 is 10.2 Å². The van der Waals surface area contributed by atoms with Crippen molar-refractivity contribution >= 4 is 29.1 Å². The minimum absolute atomic E-state index is 0.0341. The van der Waals surface area contributed by atoms with Crippen molar-refractivity contribution in [3.05, 3.63) is 53.6 Å². The van der Waals surface area contributed by atoms with E-state index >= 15 is 0 Å². The van der Waals surface area contributed by atoms with Gasteiger partial charge >= 0.3 is 6.09 Å². The second-order valence-corrected chi connectivity index (χ2v) is 8.35. The topological polar surface area (TPSA) is 61.9 Å². The zero-order valence-electron chi connectivity index (χ0n) is 19.5. The van der Waals surface area contributed by atoms with Crippen molar-refractivity contribution in [1.29, 1.82) is 0 Å². The number of nitrogens with one attached hydrogen (secondary N) is 1. The first-order valence-corrected chi connectivity index (χ1v) is 11.7. The highest BCUT2D eigenvalue weighted by molar-refractivity contribution is 6.04. The zero-order chi connectivity index (χ0) is 22.9. The molecule has 2 amide bonds. The second kappa shape index (κ2) is 11.7. The third-order valence-electron chi connectivity index (χ3n) is 5.79. The summed E-state index contributed by atoms with van der Waals surface area (Å²) in [6, 6.07) is 13.8. The standard InChI is InChI=1S/C26H35N3O3/c1-4-6-7-10-17-28(3)19-25(30)29-23-12-9-8-11-20(23)13-14-21-15-16-22(18-24(21)29)27-26(31)32-5-2/h8-9,11-12,15-16,18H,4-7,10,13-14,17,19H2,1-3H3,(H,27,31). The van der Waals surface area contributed by atoms with Crippen LogP contribution in [0, 0.1) is 0 Å². The van der Waals surface area contributed by atoms with E-state index in [1.165, 1.54) is 19.3 Å². The van der Waals surface area contributed by atoms with Gasteiger partial charge in [-0.15, -0.1) is 0 Å². The number of para-hydroxylation sites is 1. The molecule has 2 aromatic rings. The van der Waals surface area contributed by atoms with E-state index < -0.39 is 6.09 Å². The predicted octanol–water partition coefficient (Wildman–Crippen LogP) is 5.53. The number of aryl methyl sites for hydroxylation is 2. The van der Waals surface area contributed by atoms with Crippen molar-refractivity contribution in [3.63, 3.8) is 0 Å². The molecule has 0 fully saturated rings. The molecule has 3 rings (SSSR count). The number of hydrogen-bond acceptors (Lipinski definition) is 4. The first-order chi connectivity index (χ1) is 15.5. The number of fused-ring (bicyclic) bond motifs is 2. The molecule has 6 heteroatoms. The lowest BCUT2D eigenvalue weighted by molar-refractivity contribution is -0.118. The number of benzene rings is 2. The van der Waals surface area contributed by atoms with E-state index in [1.807, 2.05) is 48.3 Å². The van der Waals surface area contributed by atoms with E-state index in [0.29, 0.717) is 18.8 Å². The van der Waals surface area contributed by atoms with Crippen LogP contribution in [0.5, 0.6) is 0 Å². The number of rotatable bonds is 9. The summed E-state index contributed by atoms with van der Waals surface area (Å²) in [7, 11) is 2.01. The summed E-state index contributed by atoms with van der Waals surface area (Å²) in [4.78, 5) is 29.5. The van der Waals surface area contributed by atoms with Gasteiger partial charge in [0.1, 0.15) is 0 Å². The molecule has 0 spiro atoms. The highest BCUT2D eigenvalue weighted by atomic mass is 16.5. The average molecular weight is 438 g/mol. The van der Waals surface area contributed by atoms with Gasteiger partial charge in [-0.1, -0.05) is 50.5 Å². The Morgan fingerprint density at radius 3 is 2.50 bits per heavy atom. The number of nitrogens with zero attached hydrogens (tertiary/aromatic N) is 2. The molecule has 0 aromatic heterocycles. The SMILES string of the molecule is CCCCCCN(C)CC(=O)N1c2ccccc2CCc2ccc(NC(=O)OCC)cc21. The lowest BCUT2D eigenvalue weighted by atomic mass is 10.0. The van der Waals surface area contributed by atoms with Gasteiger partial charge in [0.25, 0.3) is 0 Å². The number of amides is 2. The van der Waals surface area contributed by atoms with E-state index in [0.717, 1.165) is 48.3 Å². The molecule has 1 aliphatic heterocycles. The van der Waals surface area contributed by atoms with Crippen molar-refractivity contribution in [1.82, 2.24) is 4.90 Å². The predicted molar refractivity (Wildman–Crippen MR) is 130 cm³/mol. The largest absolute Gasteiger partial charge is 0.450 e. The monoisotopic (exact) mass is 437 g/mol.